The van der Waals surface area contributed by atoms with Crippen molar-refractivity contribution in [3.05, 3.63) is 0 Å². The predicted molar refractivity (Wildman–Crippen MR) is 58.8 cm³/mol. The van der Waals surface area contributed by atoms with Crippen molar-refractivity contribution in [2.75, 3.05) is 32.8 Å². The lowest BCUT2D eigenvalue weighted by Gasteiger charge is -2.19. The minimum absolute atomic E-state index is 0.184. The van der Waals surface area contributed by atoms with E-state index in [0.717, 1.165) is 26.3 Å². The van der Waals surface area contributed by atoms with Gasteiger partial charge >= 0.3 is 0 Å². The van der Waals surface area contributed by atoms with Crippen LogP contribution in [0.3, 0.4) is 0 Å². The maximum Gasteiger partial charge on any atom is 0.300 e. The molecular weight excluding hydrogens is 198 g/mol. The van der Waals surface area contributed by atoms with E-state index in [1.165, 1.54) is 0 Å². The summed E-state index contributed by atoms with van der Waals surface area (Å²) in [6, 6.07) is 0. The van der Waals surface area contributed by atoms with E-state index in [0.29, 0.717) is 13.1 Å². The zero-order valence-electron chi connectivity index (χ0n) is 9.65. The van der Waals surface area contributed by atoms with Crippen LogP contribution < -0.4 is 0 Å². The minimum Gasteiger partial charge on any atom is -0.481 e. The summed E-state index contributed by atoms with van der Waals surface area (Å²) < 4.78 is 0. The smallest absolute Gasteiger partial charge is 0.300 e. The van der Waals surface area contributed by atoms with Gasteiger partial charge in [-0.15, -0.1) is 0 Å². The molecule has 5 nitrogen and oxygen atoms in total. The van der Waals surface area contributed by atoms with Gasteiger partial charge in [-0.25, -0.2) is 0 Å². The second kappa shape index (κ2) is 13.4. The monoisotopic (exact) mass is 221 g/mol. The number of aliphatic hydroxyl groups excluding tert-OH is 2. The minimum atomic E-state index is -0.833. The quantitative estimate of drug-likeness (QED) is 0.571. The van der Waals surface area contributed by atoms with Gasteiger partial charge in [-0.3, -0.25) is 9.69 Å². The van der Waals surface area contributed by atoms with Gasteiger partial charge in [0.05, 0.1) is 13.2 Å². The van der Waals surface area contributed by atoms with Gasteiger partial charge < -0.3 is 15.3 Å². The standard InChI is InChI=1S/C8H19NO2.C2H4O2/c1-2-3-4-9(5-7-10)6-8-11;1-2(3)4/h10-11H,2-8H2,1H3;1H3,(H,3,4). The van der Waals surface area contributed by atoms with Crippen molar-refractivity contribution in [3.63, 3.8) is 0 Å². The number of nitrogens with zero attached hydrogens (tertiary/aromatic N) is 1. The molecule has 0 aromatic rings. The van der Waals surface area contributed by atoms with E-state index in [1.807, 2.05) is 0 Å². The molecule has 0 spiro atoms. The number of carboxylic acids is 1. The molecule has 3 N–H and O–H groups in total. The molecule has 0 rings (SSSR count). The Morgan fingerprint density at radius 1 is 1.13 bits per heavy atom. The van der Waals surface area contributed by atoms with E-state index in [9.17, 15) is 0 Å². The highest BCUT2D eigenvalue weighted by atomic mass is 16.4. The molecule has 0 saturated heterocycles. The van der Waals surface area contributed by atoms with E-state index in [1.54, 1.807) is 0 Å². The molecule has 0 bridgehead atoms. The summed E-state index contributed by atoms with van der Waals surface area (Å²) in [7, 11) is 0. The molecular formula is C10H23NO4. The molecule has 0 amide bonds. The number of hydrogen-bond acceptors (Lipinski definition) is 4. The van der Waals surface area contributed by atoms with E-state index in [4.69, 9.17) is 20.1 Å². The molecule has 0 unspecified atom stereocenters. The Balaban J connectivity index is 0. The number of unbranched alkanes of at least 4 members (excludes halogenated alkanes) is 1. The maximum atomic E-state index is 9.00. The van der Waals surface area contributed by atoms with Crippen molar-refractivity contribution >= 4 is 5.97 Å². The molecule has 0 aliphatic carbocycles. The molecule has 92 valence electrons. The first kappa shape index (κ1) is 16.8. The van der Waals surface area contributed by atoms with Crippen LogP contribution in [0.4, 0.5) is 0 Å². The zero-order valence-corrected chi connectivity index (χ0v) is 9.65. The topological polar surface area (TPSA) is 81.0 Å². The van der Waals surface area contributed by atoms with Gasteiger partial charge in [0.1, 0.15) is 0 Å². The molecule has 0 heterocycles. The molecule has 15 heavy (non-hydrogen) atoms. The van der Waals surface area contributed by atoms with Crippen molar-refractivity contribution in [1.82, 2.24) is 4.90 Å². The SMILES string of the molecule is CC(=O)O.CCCCN(CCO)CCO. The summed E-state index contributed by atoms with van der Waals surface area (Å²) in [6.45, 7) is 5.93. The Hall–Kier alpha value is -0.650. The van der Waals surface area contributed by atoms with Gasteiger partial charge in [0.15, 0.2) is 0 Å². The summed E-state index contributed by atoms with van der Waals surface area (Å²) >= 11 is 0. The number of carboxylic acid groups (broad SMARTS) is 1. The van der Waals surface area contributed by atoms with Crippen molar-refractivity contribution < 1.29 is 20.1 Å². The summed E-state index contributed by atoms with van der Waals surface area (Å²) in [5, 5.41) is 24.7. The van der Waals surface area contributed by atoms with Crippen LogP contribution >= 0.6 is 0 Å². The van der Waals surface area contributed by atoms with Gasteiger partial charge in [-0.05, 0) is 13.0 Å². The lowest BCUT2D eigenvalue weighted by atomic mass is 10.3. The fraction of sp³-hybridized carbons (Fsp3) is 0.900. The molecule has 0 fully saturated rings. The van der Waals surface area contributed by atoms with Crippen molar-refractivity contribution in [3.8, 4) is 0 Å². The van der Waals surface area contributed by atoms with E-state index in [2.05, 4.69) is 11.8 Å². The van der Waals surface area contributed by atoms with Gasteiger partial charge in [0.25, 0.3) is 5.97 Å². The van der Waals surface area contributed by atoms with Crippen molar-refractivity contribution in [2.45, 2.75) is 26.7 Å². The fourth-order valence-electron chi connectivity index (χ4n) is 1.000. The van der Waals surface area contributed by atoms with Gasteiger partial charge in [0.2, 0.25) is 0 Å². The van der Waals surface area contributed by atoms with Crippen LogP contribution in [0.2, 0.25) is 0 Å². The van der Waals surface area contributed by atoms with Crippen molar-refractivity contribution in [2.24, 2.45) is 0 Å². The summed E-state index contributed by atoms with van der Waals surface area (Å²) in [6.07, 6.45) is 2.30. The summed E-state index contributed by atoms with van der Waals surface area (Å²) in [5.74, 6) is -0.833. The molecule has 0 saturated carbocycles. The predicted octanol–water partition coefficient (Wildman–Crippen LogP) is 0.164. The largest absolute Gasteiger partial charge is 0.481 e. The normalized spacial score (nSPS) is 9.67. The van der Waals surface area contributed by atoms with Gasteiger partial charge in [0, 0.05) is 20.0 Å². The molecule has 0 aliphatic rings. The molecule has 0 radical (unpaired) electrons. The summed E-state index contributed by atoms with van der Waals surface area (Å²) in [4.78, 5) is 11.1. The first-order valence-corrected chi connectivity index (χ1v) is 5.22. The van der Waals surface area contributed by atoms with Crippen molar-refractivity contribution in [1.29, 1.82) is 0 Å². The first-order chi connectivity index (χ1) is 7.08. The second-order valence-corrected chi connectivity index (χ2v) is 3.16. The second-order valence-electron chi connectivity index (χ2n) is 3.16. The summed E-state index contributed by atoms with van der Waals surface area (Å²) in [5.41, 5.74) is 0. The number of rotatable bonds is 7. The van der Waals surface area contributed by atoms with E-state index in [-0.39, 0.29) is 13.2 Å². The Morgan fingerprint density at radius 2 is 1.53 bits per heavy atom. The van der Waals surface area contributed by atoms with Crippen LogP contribution in [0.15, 0.2) is 0 Å². The molecule has 0 aromatic heterocycles. The lowest BCUT2D eigenvalue weighted by molar-refractivity contribution is -0.134. The van der Waals surface area contributed by atoms with Crippen LogP contribution in [0.1, 0.15) is 26.7 Å². The molecule has 5 heteroatoms. The van der Waals surface area contributed by atoms with Crippen LogP contribution in [0.25, 0.3) is 0 Å². The third-order valence-corrected chi connectivity index (χ3v) is 1.66. The molecule has 0 aliphatic heterocycles. The average Bonchev–Trinajstić information content (AvgIpc) is 2.14. The number of hydrogen-bond donors (Lipinski definition) is 3. The highest BCUT2D eigenvalue weighted by molar-refractivity contribution is 5.62. The Labute approximate surface area is 91.3 Å². The number of aliphatic hydroxyl groups is 2. The number of aliphatic carboxylic acids is 1. The van der Waals surface area contributed by atoms with Gasteiger partial charge in [-0.2, -0.15) is 0 Å². The number of carbonyl (C=O) groups is 1. The maximum absolute atomic E-state index is 9.00. The highest BCUT2D eigenvalue weighted by Crippen LogP contribution is 1.93. The third kappa shape index (κ3) is 19.7. The van der Waals surface area contributed by atoms with E-state index >= 15 is 0 Å². The molecule has 0 aromatic carbocycles. The Bertz CT molecular complexity index is 131. The van der Waals surface area contributed by atoms with Crippen LogP contribution in [0, 0.1) is 0 Å². The third-order valence-electron chi connectivity index (χ3n) is 1.66. The highest BCUT2D eigenvalue weighted by Gasteiger charge is 2.00. The lowest BCUT2D eigenvalue weighted by Crippen LogP contribution is -2.30. The molecule has 0 atom stereocenters. The van der Waals surface area contributed by atoms with Crippen LogP contribution in [0.5, 0.6) is 0 Å². The van der Waals surface area contributed by atoms with Crippen LogP contribution in [-0.2, 0) is 4.79 Å². The first-order valence-electron chi connectivity index (χ1n) is 5.22. The van der Waals surface area contributed by atoms with Gasteiger partial charge in [-0.1, -0.05) is 13.3 Å². The average molecular weight is 221 g/mol. The Kier molecular flexibility index (Phi) is 14.9. The zero-order chi connectivity index (χ0) is 12.1. The van der Waals surface area contributed by atoms with E-state index < -0.39 is 5.97 Å². The van der Waals surface area contributed by atoms with Crippen LogP contribution in [-0.4, -0.2) is 59.0 Å². The Morgan fingerprint density at radius 3 is 1.80 bits per heavy atom. The fourth-order valence-corrected chi connectivity index (χ4v) is 1.000.